The van der Waals surface area contributed by atoms with Gasteiger partial charge in [0.05, 0.1) is 22.9 Å². The Morgan fingerprint density at radius 1 is 1.42 bits per heavy atom. The highest BCUT2D eigenvalue weighted by atomic mass is 35.5. The second kappa shape index (κ2) is 7.23. The number of hydrogen-bond donors (Lipinski definition) is 1. The van der Waals surface area contributed by atoms with Crippen molar-refractivity contribution in [3.63, 3.8) is 0 Å². The molecule has 0 aliphatic rings. The first-order valence-corrected chi connectivity index (χ1v) is 8.63. The van der Waals surface area contributed by atoms with Gasteiger partial charge in [0.1, 0.15) is 4.66 Å². The fourth-order valence-corrected chi connectivity index (χ4v) is 3.54. The zero-order valence-electron chi connectivity index (χ0n) is 13.9. The maximum absolute atomic E-state index is 12.4. The Labute approximate surface area is 156 Å². The van der Waals surface area contributed by atoms with Crippen molar-refractivity contribution in [3.05, 3.63) is 66.4 Å². The Morgan fingerprint density at radius 3 is 2.85 bits per heavy atom. The summed E-state index contributed by atoms with van der Waals surface area (Å²) in [5.74, 6) is -0.0837. The van der Waals surface area contributed by atoms with E-state index < -0.39 is 0 Å². The number of hydrogen-bond acceptors (Lipinski definition) is 6. The zero-order valence-corrected chi connectivity index (χ0v) is 15.4. The maximum atomic E-state index is 12.4. The fraction of sp³-hybridized carbons (Fsp3) is 0.111. The molecular weight excluding hydrogens is 378 g/mol. The number of Topliss-reactive ketones (excluding diaryl/α,β-unsaturated/α-hetero) is 1. The van der Waals surface area contributed by atoms with Crippen molar-refractivity contribution in [1.29, 1.82) is 0 Å². The van der Waals surface area contributed by atoms with Crippen LogP contribution in [0.2, 0.25) is 5.02 Å². The molecule has 134 valence electrons. The third kappa shape index (κ3) is 3.44. The molecule has 26 heavy (non-hydrogen) atoms. The average molecular weight is 392 g/mol. The molecule has 0 radical (unpaired) electrons. The molecule has 6 nitrogen and oxygen atoms in total. The smallest absolute Gasteiger partial charge is 0.268 e. The number of carbonyl (C=O) groups excluding carboxylic acids is 1. The first-order chi connectivity index (χ1) is 12.4. The van der Waals surface area contributed by atoms with Gasteiger partial charge in [-0.1, -0.05) is 11.6 Å². The van der Waals surface area contributed by atoms with Crippen LogP contribution in [0, 0.1) is 0 Å². The van der Waals surface area contributed by atoms with E-state index in [0.29, 0.717) is 14.8 Å². The molecule has 0 saturated heterocycles. The minimum atomic E-state index is -0.326. The summed E-state index contributed by atoms with van der Waals surface area (Å²) in [5, 5.41) is 9.91. The number of halogens is 1. The van der Waals surface area contributed by atoms with E-state index in [4.69, 9.17) is 20.8 Å². The van der Waals surface area contributed by atoms with E-state index in [0.717, 1.165) is 11.3 Å². The van der Waals surface area contributed by atoms with Crippen LogP contribution in [-0.2, 0) is 7.05 Å². The van der Waals surface area contributed by atoms with E-state index in [9.17, 15) is 14.7 Å². The Bertz CT molecular complexity index is 1140. The highest BCUT2D eigenvalue weighted by Crippen LogP contribution is 2.34. The van der Waals surface area contributed by atoms with E-state index in [1.54, 1.807) is 31.3 Å². The summed E-state index contributed by atoms with van der Waals surface area (Å²) in [6.07, 6.45) is 4.39. The van der Waals surface area contributed by atoms with Gasteiger partial charge in [-0.15, -0.1) is 11.3 Å². The number of methoxy groups -OCH3 is 1. The second-order valence-corrected chi connectivity index (χ2v) is 6.82. The van der Waals surface area contributed by atoms with Gasteiger partial charge in [-0.2, -0.15) is 0 Å². The largest absolute Gasteiger partial charge is 0.503 e. The van der Waals surface area contributed by atoms with E-state index in [1.165, 1.54) is 30.1 Å². The first-order valence-electron chi connectivity index (χ1n) is 7.44. The van der Waals surface area contributed by atoms with E-state index in [2.05, 4.69) is 0 Å². The Kier molecular flexibility index (Phi) is 5.01. The van der Waals surface area contributed by atoms with Crippen LogP contribution in [0.3, 0.4) is 0 Å². The van der Waals surface area contributed by atoms with Crippen molar-refractivity contribution in [2.75, 3.05) is 7.11 Å². The second-order valence-electron chi connectivity index (χ2n) is 5.35. The van der Waals surface area contributed by atoms with E-state index >= 15 is 0 Å². The molecule has 0 bridgehead atoms. The number of furan rings is 1. The van der Waals surface area contributed by atoms with Gasteiger partial charge in [0, 0.05) is 13.1 Å². The van der Waals surface area contributed by atoms with Crippen LogP contribution in [0.5, 0.6) is 11.5 Å². The van der Waals surface area contributed by atoms with E-state index in [-0.39, 0.29) is 33.6 Å². The van der Waals surface area contributed by atoms with Crippen LogP contribution < -0.4 is 19.5 Å². The maximum Gasteiger partial charge on any atom is 0.268 e. The van der Waals surface area contributed by atoms with Crippen LogP contribution in [0.15, 0.2) is 39.7 Å². The number of carbonyl (C=O) groups is 1. The molecule has 0 unspecified atom stereocenters. The van der Waals surface area contributed by atoms with Gasteiger partial charge in [-0.3, -0.25) is 9.59 Å². The summed E-state index contributed by atoms with van der Waals surface area (Å²) >= 11 is 7.14. The average Bonchev–Trinajstić information content (AvgIpc) is 3.23. The molecule has 0 fully saturated rings. The van der Waals surface area contributed by atoms with Crippen molar-refractivity contribution in [1.82, 2.24) is 4.57 Å². The van der Waals surface area contributed by atoms with Crippen molar-refractivity contribution in [3.8, 4) is 11.5 Å². The van der Waals surface area contributed by atoms with Crippen molar-refractivity contribution < 1.29 is 19.1 Å². The molecule has 2 aromatic heterocycles. The quantitative estimate of drug-likeness (QED) is 0.687. The van der Waals surface area contributed by atoms with Crippen molar-refractivity contribution >= 4 is 40.9 Å². The highest BCUT2D eigenvalue weighted by Gasteiger charge is 2.10. The highest BCUT2D eigenvalue weighted by molar-refractivity contribution is 7.07. The summed E-state index contributed by atoms with van der Waals surface area (Å²) in [6.45, 7) is 0. The van der Waals surface area contributed by atoms with Gasteiger partial charge in [-0.05, 0) is 35.9 Å². The molecular formula is C18H14ClNO5S. The Hall–Kier alpha value is -2.77. The molecule has 0 amide bonds. The molecule has 0 aliphatic carbocycles. The van der Waals surface area contributed by atoms with Gasteiger partial charge in [0.2, 0.25) is 5.78 Å². The molecule has 0 spiro atoms. The van der Waals surface area contributed by atoms with Gasteiger partial charge in [-0.25, -0.2) is 0 Å². The number of thiazole rings is 1. The lowest BCUT2D eigenvalue weighted by atomic mass is 10.2. The number of benzene rings is 1. The predicted octanol–water partition coefficient (Wildman–Crippen LogP) is 1.90. The number of phenols is 1. The van der Waals surface area contributed by atoms with Gasteiger partial charge >= 0.3 is 0 Å². The Morgan fingerprint density at radius 2 is 2.19 bits per heavy atom. The topological polar surface area (TPSA) is 81.7 Å². The predicted molar refractivity (Wildman–Crippen MR) is 99.5 cm³/mol. The number of aromatic hydroxyl groups is 1. The summed E-state index contributed by atoms with van der Waals surface area (Å²) in [7, 11) is 2.99. The summed E-state index contributed by atoms with van der Waals surface area (Å²) in [5.41, 5.74) is 0.337. The molecule has 1 aromatic carbocycles. The number of phenolic OH excluding ortho intramolecular Hbond substituents is 1. The first kappa shape index (κ1) is 18.0. The normalized spacial score (nSPS) is 12.6. The number of ether oxygens (including phenoxy) is 1. The lowest BCUT2D eigenvalue weighted by Crippen LogP contribution is -2.29. The number of rotatable bonds is 4. The third-order valence-electron chi connectivity index (χ3n) is 3.65. The molecule has 0 aliphatic heterocycles. The minimum absolute atomic E-state index is 0.115. The molecule has 3 aromatic rings. The van der Waals surface area contributed by atoms with Crippen molar-refractivity contribution in [2.45, 2.75) is 0 Å². The number of nitrogens with zero attached hydrogens (tertiary/aromatic N) is 1. The zero-order chi connectivity index (χ0) is 18.8. The van der Waals surface area contributed by atoms with Crippen molar-refractivity contribution in [2.24, 2.45) is 7.05 Å². The molecule has 1 N–H and O–H groups in total. The lowest BCUT2D eigenvalue weighted by Gasteiger charge is -2.05. The summed E-state index contributed by atoms with van der Waals surface area (Å²) in [4.78, 5) is 24.6. The standard InChI is InChI=1S/C18H14ClNO5S/c1-20-16(9-12(21)13-4-3-5-25-13)26-15(18(20)23)8-10-6-11(19)17(22)14(7-10)24-2/h3-9,22H,1-2H3/b15-8+,16-9-. The van der Waals surface area contributed by atoms with Gasteiger partial charge in [0.25, 0.3) is 5.56 Å². The minimum Gasteiger partial charge on any atom is -0.503 e. The number of aromatic nitrogens is 1. The van der Waals surface area contributed by atoms with Crippen LogP contribution >= 0.6 is 22.9 Å². The van der Waals surface area contributed by atoms with Gasteiger partial charge < -0.3 is 18.8 Å². The number of ketones is 1. The monoisotopic (exact) mass is 391 g/mol. The van der Waals surface area contributed by atoms with Crippen LogP contribution in [0.4, 0.5) is 0 Å². The molecule has 2 heterocycles. The Balaban J connectivity index is 2.11. The molecule has 0 atom stereocenters. The van der Waals surface area contributed by atoms with Gasteiger partial charge in [0.15, 0.2) is 17.3 Å². The molecule has 3 rings (SSSR count). The summed E-state index contributed by atoms with van der Waals surface area (Å²) in [6, 6.07) is 6.27. The fourth-order valence-electron chi connectivity index (χ4n) is 2.29. The van der Waals surface area contributed by atoms with Crippen LogP contribution in [0.1, 0.15) is 16.1 Å². The molecule has 8 heteroatoms. The molecule has 0 saturated carbocycles. The lowest BCUT2D eigenvalue weighted by molar-refractivity contribution is 0.103. The summed E-state index contributed by atoms with van der Waals surface area (Å²) < 4.78 is 12.4. The van der Waals surface area contributed by atoms with Crippen LogP contribution in [-0.4, -0.2) is 22.6 Å². The third-order valence-corrected chi connectivity index (χ3v) is 5.05. The SMILES string of the molecule is COc1cc(/C=c2/s/c(=C\C(=O)c3ccco3)n(C)c2=O)cc(Cl)c1O. The van der Waals surface area contributed by atoms with E-state index in [1.807, 2.05) is 0 Å². The van der Waals surface area contributed by atoms with Crippen LogP contribution in [0.25, 0.3) is 12.2 Å².